The molecule has 4 heteroatoms. The van der Waals surface area contributed by atoms with Gasteiger partial charge >= 0.3 is 0 Å². The number of hydrogen-bond donors (Lipinski definition) is 1. The fourth-order valence-electron chi connectivity index (χ4n) is 3.91. The SMILES string of the molecule is CCC1CC=C2C(C#N)=C(N)C(C#N)(C#N)C(CC)C2C1. The lowest BCUT2D eigenvalue weighted by atomic mass is 9.56. The lowest BCUT2D eigenvalue weighted by Gasteiger charge is -2.44. The van der Waals surface area contributed by atoms with Crippen LogP contribution in [0, 0.1) is 57.2 Å². The fraction of sp³-hybridized carbons (Fsp3) is 0.588. The maximum atomic E-state index is 9.62. The van der Waals surface area contributed by atoms with Crippen molar-refractivity contribution in [3.8, 4) is 18.2 Å². The molecule has 4 nitrogen and oxygen atoms in total. The molecule has 0 amide bonds. The van der Waals surface area contributed by atoms with Crippen molar-refractivity contribution in [3.05, 3.63) is 22.9 Å². The van der Waals surface area contributed by atoms with E-state index < -0.39 is 5.41 Å². The number of hydrogen-bond acceptors (Lipinski definition) is 4. The molecule has 3 unspecified atom stereocenters. The molecular weight excluding hydrogens is 260 g/mol. The average molecular weight is 280 g/mol. The Morgan fingerprint density at radius 2 is 1.90 bits per heavy atom. The summed E-state index contributed by atoms with van der Waals surface area (Å²) in [5.41, 5.74) is 6.22. The zero-order chi connectivity index (χ0) is 15.6. The molecule has 0 radical (unpaired) electrons. The summed E-state index contributed by atoms with van der Waals surface area (Å²) in [5, 5.41) is 28.7. The molecule has 0 saturated heterocycles. The quantitative estimate of drug-likeness (QED) is 0.840. The average Bonchev–Trinajstić information content (AvgIpc) is 2.53. The molecule has 2 aliphatic rings. The van der Waals surface area contributed by atoms with Crippen LogP contribution in [0.2, 0.25) is 0 Å². The van der Waals surface area contributed by atoms with E-state index >= 15 is 0 Å². The van der Waals surface area contributed by atoms with Crippen molar-refractivity contribution < 1.29 is 0 Å². The van der Waals surface area contributed by atoms with Crippen molar-refractivity contribution in [2.45, 2.75) is 39.5 Å². The molecule has 0 aromatic carbocycles. The van der Waals surface area contributed by atoms with Crippen molar-refractivity contribution in [2.75, 3.05) is 0 Å². The standard InChI is InChI=1S/C17H20N4/c1-3-11-5-6-12-13(7-11)15(4-2)17(9-19,10-20)16(21)14(12)8-18/h6,11,13,15H,3-5,7,21H2,1-2H3. The molecule has 108 valence electrons. The Bertz CT molecular complexity index is 607. The van der Waals surface area contributed by atoms with E-state index in [-0.39, 0.29) is 17.5 Å². The van der Waals surface area contributed by atoms with Crippen LogP contribution in [-0.2, 0) is 0 Å². The van der Waals surface area contributed by atoms with Crippen LogP contribution in [0.25, 0.3) is 0 Å². The van der Waals surface area contributed by atoms with Gasteiger partial charge < -0.3 is 5.73 Å². The van der Waals surface area contributed by atoms with E-state index in [0.717, 1.165) is 24.8 Å². The Morgan fingerprint density at radius 1 is 1.24 bits per heavy atom. The maximum Gasteiger partial charge on any atom is 0.187 e. The first kappa shape index (κ1) is 15.1. The first-order valence-electron chi connectivity index (χ1n) is 7.52. The van der Waals surface area contributed by atoms with E-state index in [1.54, 1.807) is 0 Å². The number of nitrogens with two attached hydrogens (primary N) is 1. The van der Waals surface area contributed by atoms with Crippen LogP contribution in [0.4, 0.5) is 0 Å². The van der Waals surface area contributed by atoms with E-state index in [1.165, 1.54) is 0 Å². The summed E-state index contributed by atoms with van der Waals surface area (Å²) < 4.78 is 0. The molecule has 0 aromatic rings. The van der Waals surface area contributed by atoms with Crippen molar-refractivity contribution in [1.82, 2.24) is 0 Å². The molecule has 2 rings (SSSR count). The van der Waals surface area contributed by atoms with Crippen LogP contribution < -0.4 is 5.73 Å². The van der Waals surface area contributed by atoms with Gasteiger partial charge in [-0.15, -0.1) is 0 Å². The second-order valence-corrected chi connectivity index (χ2v) is 5.96. The van der Waals surface area contributed by atoms with Gasteiger partial charge in [0, 0.05) is 5.92 Å². The highest BCUT2D eigenvalue weighted by Gasteiger charge is 2.52. The minimum Gasteiger partial charge on any atom is -0.399 e. The largest absolute Gasteiger partial charge is 0.399 e. The number of allylic oxidation sites excluding steroid dienone is 4. The zero-order valence-electron chi connectivity index (χ0n) is 12.6. The molecule has 0 aliphatic heterocycles. The van der Waals surface area contributed by atoms with Gasteiger partial charge in [0.1, 0.15) is 6.07 Å². The van der Waals surface area contributed by atoms with E-state index in [1.807, 2.05) is 6.92 Å². The summed E-state index contributed by atoms with van der Waals surface area (Å²) in [6, 6.07) is 6.39. The van der Waals surface area contributed by atoms with Gasteiger partial charge in [0.2, 0.25) is 0 Å². The van der Waals surface area contributed by atoms with Crippen LogP contribution in [0.15, 0.2) is 22.9 Å². The smallest absolute Gasteiger partial charge is 0.187 e. The molecule has 2 aliphatic carbocycles. The summed E-state index contributed by atoms with van der Waals surface area (Å²) in [5.74, 6) is 0.516. The van der Waals surface area contributed by atoms with E-state index in [9.17, 15) is 15.8 Å². The van der Waals surface area contributed by atoms with Crippen LogP contribution in [0.5, 0.6) is 0 Å². The summed E-state index contributed by atoms with van der Waals surface area (Å²) >= 11 is 0. The van der Waals surface area contributed by atoms with E-state index in [0.29, 0.717) is 17.9 Å². The third kappa shape index (κ3) is 2.01. The fourth-order valence-corrected chi connectivity index (χ4v) is 3.91. The topological polar surface area (TPSA) is 97.4 Å². The van der Waals surface area contributed by atoms with Gasteiger partial charge in [0.25, 0.3) is 0 Å². The minimum atomic E-state index is -1.36. The van der Waals surface area contributed by atoms with Crippen molar-refractivity contribution in [3.63, 3.8) is 0 Å². The van der Waals surface area contributed by atoms with Crippen molar-refractivity contribution in [2.24, 2.45) is 28.9 Å². The summed E-state index contributed by atoms with van der Waals surface area (Å²) in [7, 11) is 0. The number of nitrogens with zero attached hydrogens (tertiary/aromatic N) is 3. The first-order chi connectivity index (χ1) is 10.1. The molecule has 3 atom stereocenters. The van der Waals surface area contributed by atoms with Crippen LogP contribution in [0.3, 0.4) is 0 Å². The molecular formula is C17H20N4. The monoisotopic (exact) mass is 280 g/mol. The van der Waals surface area contributed by atoms with Gasteiger partial charge in [-0.25, -0.2) is 0 Å². The van der Waals surface area contributed by atoms with Crippen LogP contribution in [0.1, 0.15) is 39.5 Å². The lowest BCUT2D eigenvalue weighted by Crippen LogP contribution is -2.44. The van der Waals surface area contributed by atoms with Gasteiger partial charge in [0.05, 0.1) is 23.4 Å². The van der Waals surface area contributed by atoms with Crippen molar-refractivity contribution in [1.29, 1.82) is 15.8 Å². The number of rotatable bonds is 2. The maximum absolute atomic E-state index is 9.62. The molecule has 0 spiro atoms. The first-order valence-corrected chi connectivity index (χ1v) is 7.52. The normalized spacial score (nSPS) is 30.4. The number of fused-ring (bicyclic) bond motifs is 1. The van der Waals surface area contributed by atoms with Gasteiger partial charge in [-0.05, 0) is 36.7 Å². The highest BCUT2D eigenvalue weighted by molar-refractivity contribution is 5.56. The summed E-state index contributed by atoms with van der Waals surface area (Å²) in [4.78, 5) is 0. The second kappa shape index (κ2) is 5.63. The molecule has 2 N–H and O–H groups in total. The Balaban J connectivity index is 2.68. The Hall–Kier alpha value is -2.25. The lowest BCUT2D eigenvalue weighted by molar-refractivity contribution is 0.200. The molecule has 0 bridgehead atoms. The predicted octanol–water partition coefficient (Wildman–Crippen LogP) is 3.16. The van der Waals surface area contributed by atoms with Gasteiger partial charge in [-0.2, -0.15) is 15.8 Å². The van der Waals surface area contributed by atoms with Crippen molar-refractivity contribution >= 4 is 0 Å². The second-order valence-electron chi connectivity index (χ2n) is 5.96. The minimum absolute atomic E-state index is 0.0925. The number of nitriles is 3. The summed E-state index contributed by atoms with van der Waals surface area (Å²) in [6.45, 7) is 4.15. The molecule has 0 fully saturated rings. The van der Waals surface area contributed by atoms with Gasteiger partial charge in [-0.1, -0.05) is 26.3 Å². The zero-order valence-corrected chi connectivity index (χ0v) is 12.6. The van der Waals surface area contributed by atoms with Crippen LogP contribution >= 0.6 is 0 Å². The third-order valence-corrected chi connectivity index (χ3v) is 5.16. The van der Waals surface area contributed by atoms with Gasteiger partial charge in [-0.3, -0.25) is 0 Å². The molecule has 0 aromatic heterocycles. The van der Waals surface area contributed by atoms with Gasteiger partial charge in [0.15, 0.2) is 5.41 Å². The third-order valence-electron chi connectivity index (χ3n) is 5.16. The molecule has 0 saturated carbocycles. The highest BCUT2D eigenvalue weighted by atomic mass is 14.7. The van der Waals surface area contributed by atoms with Crippen LogP contribution in [-0.4, -0.2) is 0 Å². The van der Waals surface area contributed by atoms with E-state index in [2.05, 4.69) is 31.2 Å². The molecule has 0 heterocycles. The Kier molecular flexibility index (Phi) is 4.06. The Morgan fingerprint density at radius 3 is 2.38 bits per heavy atom. The highest BCUT2D eigenvalue weighted by Crippen LogP contribution is 2.53. The molecule has 21 heavy (non-hydrogen) atoms. The van der Waals surface area contributed by atoms with E-state index in [4.69, 9.17) is 5.73 Å². The Labute approximate surface area is 126 Å². The predicted molar refractivity (Wildman–Crippen MR) is 78.9 cm³/mol. The summed E-state index contributed by atoms with van der Waals surface area (Å²) in [6.07, 6.45) is 5.77.